The molecule has 1 saturated heterocycles. The van der Waals surface area contributed by atoms with Crippen molar-refractivity contribution in [1.29, 1.82) is 0 Å². The minimum Gasteiger partial charge on any atom is -0.497 e. The molecule has 0 amide bonds. The fourth-order valence-corrected chi connectivity index (χ4v) is 7.41. The summed E-state index contributed by atoms with van der Waals surface area (Å²) in [5.74, 6) is 1.24. The predicted molar refractivity (Wildman–Crippen MR) is 140 cm³/mol. The van der Waals surface area contributed by atoms with Gasteiger partial charge in [0.05, 0.1) is 18.3 Å². The van der Waals surface area contributed by atoms with Crippen LogP contribution < -0.4 is 10.3 Å². The van der Waals surface area contributed by atoms with Crippen molar-refractivity contribution in [2.75, 3.05) is 20.2 Å². The minimum absolute atomic E-state index is 0.00361. The molecule has 1 aromatic heterocycles. The van der Waals surface area contributed by atoms with Crippen LogP contribution in [0.4, 0.5) is 0 Å². The number of aromatic nitrogens is 1. The Kier molecular flexibility index (Phi) is 5.05. The average molecular weight is 497 g/mol. The fourth-order valence-electron chi connectivity index (χ4n) is 7.41. The van der Waals surface area contributed by atoms with Crippen LogP contribution in [0.2, 0.25) is 0 Å². The Hall–Kier alpha value is -3.22. The van der Waals surface area contributed by atoms with E-state index >= 15 is 0 Å². The van der Waals surface area contributed by atoms with Gasteiger partial charge in [-0.2, -0.15) is 0 Å². The standard InChI is InChI=1S/C31H32N2O4/c1-37-23-10-9-21-14-27-31(36)16-22-13-24(28(34)20-5-3-2-4-6-20)29(35)32-26(22)17-30(31,25(21)15-23)11-12-33(27)18-19-7-8-19/h2-6,9-10,13,15,19,27,36H,7-8,11-12,14,16-18H2,1H3,(H,32,35)/t27-,30-,31-/m1/s1. The van der Waals surface area contributed by atoms with E-state index in [-0.39, 0.29) is 22.9 Å². The smallest absolute Gasteiger partial charge is 0.259 e. The predicted octanol–water partition coefficient (Wildman–Crippen LogP) is 3.42. The molecule has 1 aliphatic heterocycles. The lowest BCUT2D eigenvalue weighted by atomic mass is 9.49. The second-order valence-electron chi connectivity index (χ2n) is 11.5. The number of nitrogens with zero attached hydrogens (tertiary/aromatic N) is 1. The summed E-state index contributed by atoms with van der Waals surface area (Å²) in [5.41, 5.74) is 2.88. The number of rotatable bonds is 5. The molecule has 0 unspecified atom stereocenters. The zero-order valence-electron chi connectivity index (χ0n) is 21.1. The molecular weight excluding hydrogens is 464 g/mol. The summed E-state index contributed by atoms with van der Waals surface area (Å²) in [5, 5.41) is 12.8. The van der Waals surface area contributed by atoms with E-state index in [2.05, 4.69) is 22.0 Å². The number of nitrogens with one attached hydrogen (secondary N) is 1. The highest BCUT2D eigenvalue weighted by molar-refractivity contribution is 6.08. The van der Waals surface area contributed by atoms with E-state index in [1.165, 1.54) is 18.4 Å². The van der Waals surface area contributed by atoms with Gasteiger partial charge in [0.2, 0.25) is 0 Å². The van der Waals surface area contributed by atoms with Crippen molar-refractivity contribution >= 4 is 5.78 Å². The normalized spacial score (nSPS) is 28.1. The largest absolute Gasteiger partial charge is 0.497 e. The van der Waals surface area contributed by atoms with Crippen molar-refractivity contribution < 1.29 is 14.6 Å². The highest BCUT2D eigenvalue weighted by Gasteiger charge is 2.64. The number of pyridine rings is 1. The maximum atomic E-state index is 13.2. The van der Waals surface area contributed by atoms with E-state index in [1.54, 1.807) is 37.4 Å². The lowest BCUT2D eigenvalue weighted by Crippen LogP contribution is -2.74. The number of methoxy groups -OCH3 is 1. The quantitative estimate of drug-likeness (QED) is 0.529. The molecule has 0 radical (unpaired) electrons. The molecule has 6 nitrogen and oxygen atoms in total. The van der Waals surface area contributed by atoms with Gasteiger partial charge in [-0.15, -0.1) is 0 Å². The number of H-pyrrole nitrogens is 1. The Morgan fingerprint density at radius 2 is 1.92 bits per heavy atom. The Labute approximate surface area is 216 Å². The summed E-state index contributed by atoms with van der Waals surface area (Å²) in [7, 11) is 1.67. The van der Waals surface area contributed by atoms with Crippen molar-refractivity contribution in [3.8, 4) is 5.75 Å². The summed E-state index contributed by atoms with van der Waals surface area (Å²) >= 11 is 0. The molecule has 2 heterocycles. The van der Waals surface area contributed by atoms with Crippen LogP contribution in [0.25, 0.3) is 0 Å². The third kappa shape index (κ3) is 3.39. The number of carbonyl (C=O) groups is 1. The third-order valence-corrected chi connectivity index (χ3v) is 9.52. The third-order valence-electron chi connectivity index (χ3n) is 9.52. The summed E-state index contributed by atoms with van der Waals surface area (Å²) in [4.78, 5) is 32.0. The van der Waals surface area contributed by atoms with Gasteiger partial charge in [0.1, 0.15) is 5.75 Å². The van der Waals surface area contributed by atoms with Crippen LogP contribution in [0.1, 0.15) is 57.6 Å². The van der Waals surface area contributed by atoms with E-state index in [0.717, 1.165) is 54.4 Å². The maximum absolute atomic E-state index is 13.2. The van der Waals surface area contributed by atoms with E-state index < -0.39 is 11.0 Å². The molecule has 4 aliphatic rings. The van der Waals surface area contributed by atoms with Gasteiger partial charge < -0.3 is 14.8 Å². The number of aliphatic hydroxyl groups is 1. The van der Waals surface area contributed by atoms with Gasteiger partial charge >= 0.3 is 0 Å². The van der Waals surface area contributed by atoms with Crippen molar-refractivity contribution in [2.45, 2.75) is 55.6 Å². The molecule has 3 aromatic rings. The van der Waals surface area contributed by atoms with Gasteiger partial charge in [-0.25, -0.2) is 0 Å². The maximum Gasteiger partial charge on any atom is 0.259 e. The summed E-state index contributed by atoms with van der Waals surface area (Å²) in [6, 6.07) is 16.9. The van der Waals surface area contributed by atoms with Gasteiger partial charge in [0.15, 0.2) is 5.78 Å². The Bertz CT molecular complexity index is 1460. The lowest BCUT2D eigenvalue weighted by Gasteiger charge is -2.63. The first-order valence-electron chi connectivity index (χ1n) is 13.4. The Morgan fingerprint density at radius 3 is 2.68 bits per heavy atom. The summed E-state index contributed by atoms with van der Waals surface area (Å²) < 4.78 is 5.59. The molecule has 7 rings (SSSR count). The van der Waals surface area contributed by atoms with Crippen LogP contribution in [0.15, 0.2) is 59.4 Å². The van der Waals surface area contributed by atoms with Crippen LogP contribution >= 0.6 is 0 Å². The molecular formula is C31H32N2O4. The zero-order valence-corrected chi connectivity index (χ0v) is 21.1. The number of carbonyl (C=O) groups excluding carboxylic acids is 1. The van der Waals surface area contributed by atoms with Crippen molar-refractivity contribution in [1.82, 2.24) is 9.88 Å². The van der Waals surface area contributed by atoms with Crippen LogP contribution in [0, 0.1) is 5.92 Å². The van der Waals surface area contributed by atoms with Crippen molar-refractivity contribution in [3.63, 3.8) is 0 Å². The van der Waals surface area contributed by atoms with E-state index in [1.807, 2.05) is 12.1 Å². The van der Waals surface area contributed by atoms with Crippen LogP contribution in [-0.2, 0) is 24.7 Å². The molecule has 2 aromatic carbocycles. The van der Waals surface area contributed by atoms with Crippen molar-refractivity contribution in [3.05, 3.63) is 98.5 Å². The van der Waals surface area contributed by atoms with E-state index in [9.17, 15) is 14.7 Å². The van der Waals surface area contributed by atoms with E-state index in [4.69, 9.17) is 4.74 Å². The van der Waals surface area contributed by atoms with E-state index in [0.29, 0.717) is 18.4 Å². The van der Waals surface area contributed by atoms with Gasteiger partial charge in [-0.1, -0.05) is 36.4 Å². The number of hydrogen-bond donors (Lipinski definition) is 2. The first kappa shape index (κ1) is 22.9. The number of benzene rings is 2. The van der Waals surface area contributed by atoms with Gasteiger partial charge in [-0.05, 0) is 73.0 Å². The number of ether oxygens (including phenoxy) is 1. The number of piperidine rings is 1. The molecule has 2 fully saturated rings. The van der Waals surface area contributed by atoms with Crippen LogP contribution in [-0.4, -0.2) is 52.6 Å². The molecule has 3 atom stereocenters. The molecule has 1 saturated carbocycles. The number of fused-ring (bicyclic) bond motifs is 2. The number of likely N-dealkylation sites (tertiary alicyclic amines) is 1. The average Bonchev–Trinajstić information content (AvgIpc) is 3.73. The molecule has 0 spiro atoms. The topological polar surface area (TPSA) is 82.6 Å². The molecule has 190 valence electrons. The molecule has 3 aliphatic carbocycles. The first-order valence-corrected chi connectivity index (χ1v) is 13.4. The summed E-state index contributed by atoms with van der Waals surface area (Å²) in [6.45, 7) is 1.97. The molecule has 2 N–H and O–H groups in total. The molecule has 6 heteroatoms. The highest BCUT2D eigenvalue weighted by Crippen LogP contribution is 2.57. The monoisotopic (exact) mass is 496 g/mol. The number of hydrogen-bond acceptors (Lipinski definition) is 5. The fraction of sp³-hybridized carbons (Fsp3) is 0.419. The number of ketones is 1. The highest BCUT2D eigenvalue weighted by atomic mass is 16.5. The van der Waals surface area contributed by atoms with Gasteiger partial charge in [-0.3, -0.25) is 14.5 Å². The second kappa shape index (κ2) is 8.14. The SMILES string of the molecule is COc1ccc2c(c1)[C@]13CCN(CC4CC4)[C@H](C2)[C@]1(O)Cc1cc(C(=O)c2ccccc2)c(=O)[nH]c1C3. The second-order valence-corrected chi connectivity index (χ2v) is 11.5. The Morgan fingerprint density at radius 1 is 1.11 bits per heavy atom. The molecule has 37 heavy (non-hydrogen) atoms. The Balaban J connectivity index is 1.37. The molecule has 2 bridgehead atoms. The lowest BCUT2D eigenvalue weighted by molar-refractivity contribution is -0.152. The first-order chi connectivity index (χ1) is 17.9. The van der Waals surface area contributed by atoms with Gasteiger partial charge in [0.25, 0.3) is 5.56 Å². The zero-order chi connectivity index (χ0) is 25.4. The number of aromatic amines is 1. The van der Waals surface area contributed by atoms with Crippen molar-refractivity contribution in [2.24, 2.45) is 5.92 Å². The van der Waals surface area contributed by atoms with Crippen LogP contribution in [0.3, 0.4) is 0 Å². The summed E-state index contributed by atoms with van der Waals surface area (Å²) in [6.07, 6.45) is 5.11. The minimum atomic E-state index is -1.00. The van der Waals surface area contributed by atoms with Crippen LogP contribution in [0.5, 0.6) is 5.75 Å². The van der Waals surface area contributed by atoms with Gasteiger partial charge in [0, 0.05) is 42.1 Å².